The van der Waals surface area contributed by atoms with Crippen molar-refractivity contribution >= 4 is 10.8 Å². The Balaban J connectivity index is 1.68. The van der Waals surface area contributed by atoms with Crippen molar-refractivity contribution in [1.29, 1.82) is 0 Å². The largest absolute Gasteiger partial charge is 0.356 e. The molecule has 1 aromatic heterocycles. The van der Waals surface area contributed by atoms with Crippen LogP contribution in [-0.4, -0.2) is 9.37 Å². The highest BCUT2D eigenvalue weighted by Crippen LogP contribution is 2.21. The lowest BCUT2D eigenvalue weighted by molar-refractivity contribution is 0.426. The average molecular weight is 315 g/mol. The third kappa shape index (κ3) is 3.49. The summed E-state index contributed by atoms with van der Waals surface area (Å²) in [4.78, 5) is 0. The number of hydrogen-bond donors (Lipinski definition) is 0. The van der Waals surface area contributed by atoms with Gasteiger partial charge >= 0.3 is 0 Å². The Bertz CT molecular complexity index is 786. The zero-order chi connectivity index (χ0) is 15.4. The van der Waals surface area contributed by atoms with Crippen LogP contribution in [-0.2, 0) is 22.3 Å². The van der Waals surface area contributed by atoms with Gasteiger partial charge in [-0.15, -0.1) is 0 Å². The minimum Gasteiger partial charge on any atom is -0.356 e. The molecule has 3 rings (SSSR count). The van der Waals surface area contributed by atoms with Crippen LogP contribution in [0.2, 0.25) is 0 Å². The van der Waals surface area contributed by atoms with Crippen molar-refractivity contribution in [3.05, 3.63) is 77.7 Å². The lowest BCUT2D eigenvalue weighted by Crippen LogP contribution is -2.01. The Morgan fingerprint density at radius 2 is 1.73 bits per heavy atom. The number of halogens is 1. The van der Waals surface area contributed by atoms with Gasteiger partial charge in [0.15, 0.2) is 5.76 Å². The monoisotopic (exact) mass is 315 g/mol. The van der Waals surface area contributed by atoms with Crippen LogP contribution in [0.1, 0.15) is 11.3 Å². The molecule has 112 valence electrons. The van der Waals surface area contributed by atoms with Gasteiger partial charge in [0.05, 0.1) is 17.2 Å². The summed E-state index contributed by atoms with van der Waals surface area (Å²) >= 11 is 0. The van der Waals surface area contributed by atoms with Gasteiger partial charge < -0.3 is 4.52 Å². The van der Waals surface area contributed by atoms with Crippen LogP contribution in [0.25, 0.3) is 11.3 Å². The van der Waals surface area contributed by atoms with Crippen LogP contribution in [0, 0.1) is 5.82 Å². The molecule has 0 radical (unpaired) electrons. The Kier molecular flexibility index (Phi) is 4.44. The minimum atomic E-state index is -1.24. The van der Waals surface area contributed by atoms with Gasteiger partial charge in [-0.2, -0.15) is 0 Å². The molecule has 0 aliphatic rings. The van der Waals surface area contributed by atoms with E-state index in [1.165, 1.54) is 6.07 Å². The van der Waals surface area contributed by atoms with Crippen LogP contribution in [0.15, 0.2) is 65.2 Å². The van der Waals surface area contributed by atoms with Crippen molar-refractivity contribution in [1.82, 2.24) is 5.16 Å². The molecule has 0 spiro atoms. The maximum atomic E-state index is 13.5. The van der Waals surface area contributed by atoms with E-state index in [1.807, 2.05) is 30.3 Å². The Labute approximate surface area is 130 Å². The van der Waals surface area contributed by atoms with Crippen LogP contribution in [0.3, 0.4) is 0 Å². The number of rotatable bonds is 5. The maximum Gasteiger partial charge on any atom is 0.167 e. The van der Waals surface area contributed by atoms with E-state index >= 15 is 0 Å². The average Bonchev–Trinajstić information content (AvgIpc) is 2.99. The molecule has 0 fully saturated rings. The molecule has 0 N–H and O–H groups in total. The maximum absolute atomic E-state index is 13.5. The first kappa shape index (κ1) is 14.7. The number of benzene rings is 2. The van der Waals surface area contributed by atoms with E-state index < -0.39 is 10.8 Å². The predicted molar refractivity (Wildman–Crippen MR) is 83.9 cm³/mol. The first-order chi connectivity index (χ1) is 10.7. The molecule has 0 aliphatic heterocycles. The number of hydrogen-bond acceptors (Lipinski definition) is 3. The topological polar surface area (TPSA) is 43.1 Å². The van der Waals surface area contributed by atoms with Crippen molar-refractivity contribution in [3.8, 4) is 11.3 Å². The highest BCUT2D eigenvalue weighted by Gasteiger charge is 2.11. The lowest BCUT2D eigenvalue weighted by Gasteiger charge is -2.01. The van der Waals surface area contributed by atoms with E-state index in [2.05, 4.69) is 5.16 Å². The van der Waals surface area contributed by atoms with Crippen molar-refractivity contribution in [2.45, 2.75) is 11.5 Å². The molecule has 0 saturated carbocycles. The summed E-state index contributed by atoms with van der Waals surface area (Å²) in [5.74, 6) is 0.713. The Morgan fingerprint density at radius 1 is 1.00 bits per heavy atom. The van der Waals surface area contributed by atoms with Crippen molar-refractivity contribution < 1.29 is 13.1 Å². The van der Waals surface area contributed by atoms with E-state index in [9.17, 15) is 8.60 Å². The molecule has 0 bridgehead atoms. The predicted octanol–water partition coefficient (Wildman–Crippen LogP) is 3.93. The second-order valence-corrected chi connectivity index (χ2v) is 6.33. The molecular formula is C17H14FNO2S. The van der Waals surface area contributed by atoms with Crippen LogP contribution < -0.4 is 0 Å². The smallest absolute Gasteiger partial charge is 0.167 e. The van der Waals surface area contributed by atoms with E-state index in [0.29, 0.717) is 17.0 Å². The summed E-state index contributed by atoms with van der Waals surface area (Å²) < 4.78 is 31.0. The normalized spacial score (nSPS) is 12.2. The van der Waals surface area contributed by atoms with Crippen molar-refractivity contribution in [2.75, 3.05) is 0 Å². The Morgan fingerprint density at radius 3 is 2.50 bits per heavy atom. The van der Waals surface area contributed by atoms with Crippen molar-refractivity contribution in [2.24, 2.45) is 0 Å². The van der Waals surface area contributed by atoms with Crippen molar-refractivity contribution in [3.63, 3.8) is 0 Å². The fourth-order valence-corrected chi connectivity index (χ4v) is 3.27. The number of aromatic nitrogens is 1. The summed E-state index contributed by atoms with van der Waals surface area (Å²) in [6.07, 6.45) is 0. The molecule has 22 heavy (non-hydrogen) atoms. The summed E-state index contributed by atoms with van der Waals surface area (Å²) in [5, 5.41) is 3.93. The van der Waals surface area contributed by atoms with Gasteiger partial charge in [0.2, 0.25) is 0 Å². The SMILES string of the molecule is O=[S@](Cc1cc(-c2ccccc2)on1)Cc1ccccc1F. The summed E-state index contributed by atoms with van der Waals surface area (Å²) in [6, 6.07) is 17.7. The molecule has 0 unspecified atom stereocenters. The van der Waals surface area contributed by atoms with Gasteiger partial charge in [-0.3, -0.25) is 4.21 Å². The molecule has 0 aliphatic carbocycles. The highest BCUT2D eigenvalue weighted by molar-refractivity contribution is 7.83. The molecule has 1 atom stereocenters. The third-order valence-electron chi connectivity index (χ3n) is 3.20. The number of nitrogens with zero attached hydrogens (tertiary/aromatic N) is 1. The third-order valence-corrected chi connectivity index (χ3v) is 4.45. The molecule has 0 amide bonds. The molecule has 0 saturated heterocycles. The second-order valence-electron chi connectivity index (χ2n) is 4.87. The lowest BCUT2D eigenvalue weighted by atomic mass is 10.2. The molecule has 3 aromatic rings. The van der Waals surface area contributed by atoms with Gasteiger partial charge in [0.1, 0.15) is 5.82 Å². The first-order valence-electron chi connectivity index (χ1n) is 6.82. The van der Waals surface area contributed by atoms with Crippen LogP contribution in [0.5, 0.6) is 0 Å². The van der Waals surface area contributed by atoms with Crippen LogP contribution in [0.4, 0.5) is 4.39 Å². The Hall–Kier alpha value is -2.27. The van der Waals surface area contributed by atoms with Gasteiger partial charge in [-0.1, -0.05) is 53.7 Å². The van der Waals surface area contributed by atoms with Gasteiger partial charge in [-0.05, 0) is 6.07 Å². The fraction of sp³-hybridized carbons (Fsp3) is 0.118. The molecule has 1 heterocycles. The van der Waals surface area contributed by atoms with Gasteiger partial charge in [0, 0.05) is 28.0 Å². The van der Waals surface area contributed by atoms with E-state index in [0.717, 1.165) is 5.56 Å². The standard InChI is InChI=1S/C17H14FNO2S/c18-16-9-5-4-8-14(16)11-22(20)12-15-10-17(21-19-15)13-6-2-1-3-7-13/h1-10H,11-12H2/t22-/m0/s1. The van der Waals surface area contributed by atoms with E-state index in [-0.39, 0.29) is 17.3 Å². The fourth-order valence-electron chi connectivity index (χ4n) is 2.12. The molecular weight excluding hydrogens is 301 g/mol. The summed E-state index contributed by atoms with van der Waals surface area (Å²) in [6.45, 7) is 0. The van der Waals surface area contributed by atoms with Crippen LogP contribution >= 0.6 is 0 Å². The van der Waals surface area contributed by atoms with E-state index in [1.54, 1.807) is 24.3 Å². The first-order valence-corrected chi connectivity index (χ1v) is 8.30. The van der Waals surface area contributed by atoms with E-state index in [4.69, 9.17) is 4.52 Å². The van der Waals surface area contributed by atoms with Gasteiger partial charge in [-0.25, -0.2) is 4.39 Å². The zero-order valence-corrected chi connectivity index (χ0v) is 12.6. The summed E-state index contributed by atoms with van der Waals surface area (Å²) in [5.41, 5.74) is 1.97. The zero-order valence-electron chi connectivity index (χ0n) is 11.7. The highest BCUT2D eigenvalue weighted by atomic mass is 32.2. The molecule has 5 heteroatoms. The molecule has 3 nitrogen and oxygen atoms in total. The summed E-state index contributed by atoms with van der Waals surface area (Å²) in [7, 11) is -1.24. The van der Waals surface area contributed by atoms with Gasteiger partial charge in [0.25, 0.3) is 0 Å². The second kappa shape index (κ2) is 6.66. The molecule has 2 aromatic carbocycles. The quantitative estimate of drug-likeness (QED) is 0.716. The minimum absolute atomic E-state index is 0.167.